The molecule has 5 nitrogen and oxygen atoms in total. The molecule has 0 aliphatic heterocycles. The fourth-order valence-corrected chi connectivity index (χ4v) is 1.71. The summed E-state index contributed by atoms with van der Waals surface area (Å²) in [4.78, 5) is 11.1. The molecule has 0 aliphatic rings. The van der Waals surface area contributed by atoms with E-state index in [2.05, 4.69) is 25.1 Å². The van der Waals surface area contributed by atoms with E-state index in [4.69, 9.17) is 11.6 Å². The molecule has 6 heteroatoms. The Labute approximate surface area is 95.5 Å². The molecule has 3 aromatic rings. The molecule has 0 spiro atoms. The van der Waals surface area contributed by atoms with Gasteiger partial charge in [0.15, 0.2) is 5.15 Å². The Morgan fingerprint density at radius 1 is 1.19 bits per heavy atom. The van der Waals surface area contributed by atoms with Crippen LogP contribution in [0.5, 0.6) is 0 Å². The van der Waals surface area contributed by atoms with Gasteiger partial charge in [-0.2, -0.15) is 0 Å². The second-order valence-electron chi connectivity index (χ2n) is 3.23. The van der Waals surface area contributed by atoms with Crippen molar-refractivity contribution in [2.75, 3.05) is 0 Å². The number of aromatic amines is 1. The van der Waals surface area contributed by atoms with E-state index in [1.54, 1.807) is 6.33 Å². The molecule has 1 aromatic carbocycles. The molecule has 0 saturated heterocycles. The molecule has 2 heterocycles. The molecule has 0 radical (unpaired) electrons. The largest absolute Gasteiger partial charge is 0.345 e. The van der Waals surface area contributed by atoms with Gasteiger partial charge in [0.1, 0.15) is 12.0 Å². The Bertz CT molecular complexity index is 648. The molecular formula is C10H6ClN5. The molecule has 3 rings (SSSR count). The molecule has 2 aromatic heterocycles. The lowest BCUT2D eigenvalue weighted by molar-refractivity contribution is 0.977. The molecule has 0 aliphatic carbocycles. The standard InChI is InChI=1S/C10H6ClN5/c11-10-9(16-15-5-14-10)6-1-2-7-8(3-6)13-4-12-7/h1-5H,(H,12,13). The summed E-state index contributed by atoms with van der Waals surface area (Å²) in [6.07, 6.45) is 2.96. The van der Waals surface area contributed by atoms with Crippen LogP contribution in [0.4, 0.5) is 0 Å². The first-order chi connectivity index (χ1) is 7.84. The van der Waals surface area contributed by atoms with E-state index in [0.29, 0.717) is 10.8 Å². The van der Waals surface area contributed by atoms with E-state index in [0.717, 1.165) is 16.6 Å². The number of imidazole rings is 1. The third-order valence-corrected chi connectivity index (χ3v) is 2.55. The molecule has 0 fully saturated rings. The number of hydrogen-bond donors (Lipinski definition) is 1. The first kappa shape index (κ1) is 9.23. The minimum absolute atomic E-state index is 0.342. The monoisotopic (exact) mass is 231 g/mol. The Hall–Kier alpha value is -2.01. The number of nitrogens with zero attached hydrogens (tertiary/aromatic N) is 4. The summed E-state index contributed by atoms with van der Waals surface area (Å²) < 4.78 is 0. The van der Waals surface area contributed by atoms with Crippen LogP contribution in [0, 0.1) is 0 Å². The second-order valence-corrected chi connectivity index (χ2v) is 3.59. The molecule has 0 unspecified atom stereocenters. The van der Waals surface area contributed by atoms with E-state index in [-0.39, 0.29) is 0 Å². The van der Waals surface area contributed by atoms with Crippen molar-refractivity contribution in [2.45, 2.75) is 0 Å². The zero-order chi connectivity index (χ0) is 11.0. The van der Waals surface area contributed by atoms with Gasteiger partial charge in [-0.05, 0) is 12.1 Å². The van der Waals surface area contributed by atoms with Gasteiger partial charge in [0.2, 0.25) is 0 Å². The maximum absolute atomic E-state index is 5.94. The van der Waals surface area contributed by atoms with Crippen molar-refractivity contribution in [2.24, 2.45) is 0 Å². The lowest BCUT2D eigenvalue weighted by atomic mass is 10.1. The fourth-order valence-electron chi connectivity index (χ4n) is 1.52. The van der Waals surface area contributed by atoms with Gasteiger partial charge in [0.25, 0.3) is 0 Å². The molecule has 78 valence electrons. The van der Waals surface area contributed by atoms with Gasteiger partial charge < -0.3 is 4.98 Å². The lowest BCUT2D eigenvalue weighted by Crippen LogP contribution is -1.90. The molecule has 0 amide bonds. The topological polar surface area (TPSA) is 67.3 Å². The van der Waals surface area contributed by atoms with Crippen molar-refractivity contribution in [1.29, 1.82) is 0 Å². The molecule has 16 heavy (non-hydrogen) atoms. The number of nitrogens with one attached hydrogen (secondary N) is 1. The predicted molar refractivity (Wildman–Crippen MR) is 59.9 cm³/mol. The third-order valence-electron chi connectivity index (χ3n) is 2.27. The van der Waals surface area contributed by atoms with E-state index in [1.807, 2.05) is 18.2 Å². The number of halogens is 1. The highest BCUT2D eigenvalue weighted by Crippen LogP contribution is 2.24. The highest BCUT2D eigenvalue weighted by atomic mass is 35.5. The SMILES string of the molecule is Clc1ncnnc1-c1ccc2nc[nH]c2c1. The maximum Gasteiger partial charge on any atom is 0.159 e. The Morgan fingerprint density at radius 2 is 2.12 bits per heavy atom. The molecule has 0 atom stereocenters. The van der Waals surface area contributed by atoms with Gasteiger partial charge in [0, 0.05) is 5.56 Å². The van der Waals surface area contributed by atoms with Gasteiger partial charge in [-0.25, -0.2) is 9.97 Å². The van der Waals surface area contributed by atoms with Crippen LogP contribution in [-0.2, 0) is 0 Å². The van der Waals surface area contributed by atoms with Crippen LogP contribution in [0.2, 0.25) is 5.15 Å². The summed E-state index contributed by atoms with van der Waals surface area (Å²) in [5.41, 5.74) is 3.26. The van der Waals surface area contributed by atoms with Crippen LogP contribution in [0.25, 0.3) is 22.3 Å². The highest BCUT2D eigenvalue weighted by Gasteiger charge is 2.07. The van der Waals surface area contributed by atoms with E-state index in [1.165, 1.54) is 6.33 Å². The number of fused-ring (bicyclic) bond motifs is 1. The quantitative estimate of drug-likeness (QED) is 0.696. The van der Waals surface area contributed by atoms with Crippen molar-refractivity contribution in [3.05, 3.63) is 36.0 Å². The van der Waals surface area contributed by atoms with Crippen molar-refractivity contribution >= 4 is 22.6 Å². The van der Waals surface area contributed by atoms with Crippen molar-refractivity contribution in [3.63, 3.8) is 0 Å². The summed E-state index contributed by atoms with van der Waals surface area (Å²) in [5, 5.41) is 8.02. The van der Waals surface area contributed by atoms with Crippen LogP contribution < -0.4 is 0 Å². The average Bonchev–Trinajstić information content (AvgIpc) is 2.76. The number of benzene rings is 1. The number of rotatable bonds is 1. The molecular weight excluding hydrogens is 226 g/mol. The maximum atomic E-state index is 5.94. The first-order valence-electron chi connectivity index (χ1n) is 4.61. The van der Waals surface area contributed by atoms with Crippen LogP contribution in [-0.4, -0.2) is 25.1 Å². The number of aromatic nitrogens is 5. The summed E-state index contributed by atoms with van der Waals surface area (Å²) in [5.74, 6) is 0. The molecule has 0 saturated carbocycles. The van der Waals surface area contributed by atoms with E-state index >= 15 is 0 Å². The summed E-state index contributed by atoms with van der Waals surface area (Å²) in [6.45, 7) is 0. The van der Waals surface area contributed by atoms with Gasteiger partial charge in [0.05, 0.1) is 17.4 Å². The smallest absolute Gasteiger partial charge is 0.159 e. The van der Waals surface area contributed by atoms with Crippen LogP contribution >= 0.6 is 11.6 Å². The van der Waals surface area contributed by atoms with E-state index < -0.39 is 0 Å². The highest BCUT2D eigenvalue weighted by molar-refractivity contribution is 6.31. The van der Waals surface area contributed by atoms with E-state index in [9.17, 15) is 0 Å². The second kappa shape index (κ2) is 3.53. The number of H-pyrrole nitrogens is 1. The van der Waals surface area contributed by atoms with Crippen LogP contribution in [0.1, 0.15) is 0 Å². The average molecular weight is 232 g/mol. The number of hydrogen-bond acceptors (Lipinski definition) is 4. The lowest BCUT2D eigenvalue weighted by Gasteiger charge is -2.00. The Morgan fingerprint density at radius 3 is 3.00 bits per heavy atom. The van der Waals surface area contributed by atoms with Crippen molar-refractivity contribution < 1.29 is 0 Å². The Balaban J connectivity index is 2.22. The van der Waals surface area contributed by atoms with Crippen LogP contribution in [0.3, 0.4) is 0 Å². The van der Waals surface area contributed by atoms with Crippen LogP contribution in [0.15, 0.2) is 30.9 Å². The molecule has 0 bridgehead atoms. The van der Waals surface area contributed by atoms with Gasteiger partial charge in [-0.15, -0.1) is 10.2 Å². The molecule has 1 N–H and O–H groups in total. The predicted octanol–water partition coefficient (Wildman–Crippen LogP) is 2.07. The van der Waals surface area contributed by atoms with Gasteiger partial charge >= 0.3 is 0 Å². The summed E-state index contributed by atoms with van der Waals surface area (Å²) in [6, 6.07) is 5.70. The fraction of sp³-hybridized carbons (Fsp3) is 0. The minimum atomic E-state index is 0.342. The van der Waals surface area contributed by atoms with Gasteiger partial charge in [-0.3, -0.25) is 0 Å². The summed E-state index contributed by atoms with van der Waals surface area (Å²) in [7, 11) is 0. The normalized spacial score (nSPS) is 10.8. The minimum Gasteiger partial charge on any atom is -0.345 e. The van der Waals surface area contributed by atoms with Crippen molar-refractivity contribution in [1.82, 2.24) is 25.1 Å². The van der Waals surface area contributed by atoms with Crippen molar-refractivity contribution in [3.8, 4) is 11.3 Å². The first-order valence-corrected chi connectivity index (χ1v) is 4.99. The zero-order valence-corrected chi connectivity index (χ0v) is 8.81. The Kier molecular flexibility index (Phi) is 2.04. The zero-order valence-electron chi connectivity index (χ0n) is 8.05. The summed E-state index contributed by atoms with van der Waals surface area (Å²) >= 11 is 5.94. The third kappa shape index (κ3) is 1.42. The van der Waals surface area contributed by atoms with Gasteiger partial charge in [-0.1, -0.05) is 17.7 Å².